The van der Waals surface area contributed by atoms with Crippen molar-refractivity contribution < 1.29 is 9.90 Å². The molecule has 0 saturated carbocycles. The molecular weight excluding hydrogens is 251 g/mol. The Morgan fingerprint density at radius 2 is 2.25 bits per heavy atom. The number of carbonyl (C=O) groups excluding carboxylic acids is 1. The fourth-order valence-electron chi connectivity index (χ4n) is 1.72. The van der Waals surface area contributed by atoms with E-state index in [1.54, 1.807) is 4.90 Å². The minimum absolute atomic E-state index is 0.188. The van der Waals surface area contributed by atoms with Crippen molar-refractivity contribution in [2.24, 2.45) is 0 Å². The van der Waals surface area contributed by atoms with E-state index in [0.717, 1.165) is 0 Å². The van der Waals surface area contributed by atoms with Crippen molar-refractivity contribution in [1.82, 2.24) is 9.88 Å². The van der Waals surface area contributed by atoms with Crippen LogP contribution in [-0.4, -0.2) is 39.6 Å². The Morgan fingerprint density at radius 1 is 1.62 bits per heavy atom. The largest absolute Gasteiger partial charge is 0.386 e. The van der Waals surface area contributed by atoms with Gasteiger partial charge in [0.25, 0.3) is 5.91 Å². The van der Waals surface area contributed by atoms with Gasteiger partial charge in [-0.25, -0.2) is 0 Å². The summed E-state index contributed by atoms with van der Waals surface area (Å²) >= 11 is 11.5. The SMILES string of the molecule is CCC1(O)CN(C(=O)c2cc(Cl)c(Cl)[nH]2)C1. The van der Waals surface area contributed by atoms with Crippen LogP contribution >= 0.6 is 23.2 Å². The maximum absolute atomic E-state index is 11.9. The Balaban J connectivity index is 2.05. The third-order valence-electron chi connectivity index (χ3n) is 2.87. The van der Waals surface area contributed by atoms with E-state index in [-0.39, 0.29) is 11.1 Å². The van der Waals surface area contributed by atoms with Crippen molar-refractivity contribution in [3.8, 4) is 0 Å². The summed E-state index contributed by atoms with van der Waals surface area (Å²) in [4.78, 5) is 16.1. The average molecular weight is 263 g/mol. The van der Waals surface area contributed by atoms with Crippen molar-refractivity contribution >= 4 is 29.1 Å². The van der Waals surface area contributed by atoms with Gasteiger partial charge in [0.15, 0.2) is 0 Å². The molecule has 0 aromatic carbocycles. The first-order valence-corrected chi connectivity index (χ1v) is 5.76. The quantitative estimate of drug-likeness (QED) is 0.856. The number of aromatic amines is 1. The Hall–Kier alpha value is -0.710. The van der Waals surface area contributed by atoms with Crippen molar-refractivity contribution in [2.45, 2.75) is 18.9 Å². The second-order valence-corrected chi connectivity index (χ2v) is 4.87. The molecule has 6 heteroatoms. The van der Waals surface area contributed by atoms with Crippen LogP contribution in [0.15, 0.2) is 6.07 Å². The summed E-state index contributed by atoms with van der Waals surface area (Å²) in [6.45, 7) is 2.61. The predicted molar refractivity (Wildman–Crippen MR) is 62.0 cm³/mol. The minimum atomic E-state index is -0.726. The van der Waals surface area contributed by atoms with Gasteiger partial charge in [-0.05, 0) is 12.5 Å². The van der Waals surface area contributed by atoms with Crippen LogP contribution < -0.4 is 0 Å². The summed E-state index contributed by atoms with van der Waals surface area (Å²) in [6.07, 6.45) is 0.642. The molecule has 1 saturated heterocycles. The van der Waals surface area contributed by atoms with Gasteiger partial charge in [0.2, 0.25) is 0 Å². The zero-order valence-electron chi connectivity index (χ0n) is 8.76. The number of carbonyl (C=O) groups is 1. The number of likely N-dealkylation sites (tertiary alicyclic amines) is 1. The molecule has 0 spiro atoms. The number of β-amino-alcohol motifs (C(OH)–C–C–N with tert-alkyl or cyclic N) is 1. The fourth-order valence-corrected chi connectivity index (χ4v) is 2.03. The van der Waals surface area contributed by atoms with Gasteiger partial charge < -0.3 is 15.0 Å². The number of nitrogens with zero attached hydrogens (tertiary/aromatic N) is 1. The molecule has 1 amide bonds. The molecule has 2 rings (SSSR count). The topological polar surface area (TPSA) is 56.3 Å². The average Bonchev–Trinajstić information content (AvgIpc) is 2.53. The molecule has 0 aliphatic carbocycles. The number of aromatic nitrogens is 1. The number of aliphatic hydroxyl groups is 1. The van der Waals surface area contributed by atoms with E-state index in [1.807, 2.05) is 6.92 Å². The normalized spacial score (nSPS) is 18.4. The second-order valence-electron chi connectivity index (χ2n) is 4.08. The summed E-state index contributed by atoms with van der Waals surface area (Å²) in [7, 11) is 0. The molecule has 0 unspecified atom stereocenters. The molecule has 0 bridgehead atoms. The number of H-pyrrole nitrogens is 1. The van der Waals surface area contributed by atoms with Gasteiger partial charge in [0.1, 0.15) is 10.8 Å². The zero-order chi connectivity index (χ0) is 11.9. The number of hydrogen-bond acceptors (Lipinski definition) is 2. The van der Waals surface area contributed by atoms with Gasteiger partial charge in [-0.2, -0.15) is 0 Å². The van der Waals surface area contributed by atoms with Crippen LogP contribution in [-0.2, 0) is 0 Å². The Morgan fingerprint density at radius 3 is 2.69 bits per heavy atom. The molecule has 1 fully saturated rings. The highest BCUT2D eigenvalue weighted by molar-refractivity contribution is 6.41. The van der Waals surface area contributed by atoms with Crippen LogP contribution in [0.2, 0.25) is 10.2 Å². The zero-order valence-corrected chi connectivity index (χ0v) is 10.3. The van der Waals surface area contributed by atoms with Crippen molar-refractivity contribution in [3.63, 3.8) is 0 Å². The molecule has 16 heavy (non-hydrogen) atoms. The number of hydrogen-bond donors (Lipinski definition) is 2. The molecular formula is C10H12Cl2N2O2. The van der Waals surface area contributed by atoms with Gasteiger partial charge >= 0.3 is 0 Å². The summed E-state index contributed by atoms with van der Waals surface area (Å²) in [5, 5.41) is 10.4. The lowest BCUT2D eigenvalue weighted by molar-refractivity contribution is -0.0828. The van der Waals surface area contributed by atoms with Crippen LogP contribution in [0.4, 0.5) is 0 Å². The highest BCUT2D eigenvalue weighted by Crippen LogP contribution is 2.28. The summed E-state index contributed by atoms with van der Waals surface area (Å²) in [6, 6.07) is 1.50. The first kappa shape index (κ1) is 11.8. The van der Waals surface area contributed by atoms with E-state index in [0.29, 0.717) is 30.2 Å². The molecule has 1 aromatic rings. The van der Waals surface area contributed by atoms with Crippen molar-refractivity contribution in [1.29, 1.82) is 0 Å². The maximum Gasteiger partial charge on any atom is 0.270 e. The van der Waals surface area contributed by atoms with Gasteiger partial charge in [0.05, 0.1) is 23.7 Å². The van der Waals surface area contributed by atoms with E-state index < -0.39 is 5.60 Å². The van der Waals surface area contributed by atoms with E-state index in [4.69, 9.17) is 23.2 Å². The van der Waals surface area contributed by atoms with Crippen molar-refractivity contribution in [2.75, 3.05) is 13.1 Å². The Bertz CT molecular complexity index is 405. The number of nitrogens with one attached hydrogen (secondary N) is 1. The highest BCUT2D eigenvalue weighted by atomic mass is 35.5. The minimum Gasteiger partial charge on any atom is -0.386 e. The van der Waals surface area contributed by atoms with Gasteiger partial charge in [0, 0.05) is 0 Å². The third-order valence-corrected chi connectivity index (χ3v) is 3.56. The molecule has 1 aliphatic rings. The fraction of sp³-hybridized carbons (Fsp3) is 0.500. The van der Waals surface area contributed by atoms with Gasteiger partial charge in [-0.15, -0.1) is 0 Å². The monoisotopic (exact) mass is 262 g/mol. The number of amides is 1. The third kappa shape index (κ3) is 1.93. The molecule has 0 radical (unpaired) electrons. The van der Waals surface area contributed by atoms with Crippen LogP contribution in [0, 0.1) is 0 Å². The summed E-state index contributed by atoms with van der Waals surface area (Å²) < 4.78 is 0. The lowest BCUT2D eigenvalue weighted by Gasteiger charge is -2.45. The van der Waals surface area contributed by atoms with Crippen LogP contribution in [0.25, 0.3) is 0 Å². The lowest BCUT2D eigenvalue weighted by Crippen LogP contribution is -2.63. The Kier molecular flexibility index (Phi) is 2.90. The van der Waals surface area contributed by atoms with E-state index in [2.05, 4.69) is 4.98 Å². The Labute approximate surface area is 103 Å². The van der Waals surface area contributed by atoms with Gasteiger partial charge in [-0.1, -0.05) is 30.1 Å². The van der Waals surface area contributed by atoms with Gasteiger partial charge in [-0.3, -0.25) is 4.79 Å². The molecule has 0 atom stereocenters. The summed E-state index contributed by atoms with van der Waals surface area (Å²) in [5.41, 5.74) is -0.372. The lowest BCUT2D eigenvalue weighted by atomic mass is 9.91. The molecule has 4 nitrogen and oxygen atoms in total. The van der Waals surface area contributed by atoms with Crippen LogP contribution in [0.5, 0.6) is 0 Å². The van der Waals surface area contributed by atoms with E-state index in [9.17, 15) is 9.90 Å². The number of rotatable bonds is 2. The molecule has 88 valence electrons. The van der Waals surface area contributed by atoms with Crippen LogP contribution in [0.3, 0.4) is 0 Å². The standard InChI is InChI=1S/C10H12Cl2N2O2/c1-2-10(16)4-14(5-10)9(15)7-3-6(11)8(12)13-7/h3,13,16H,2,4-5H2,1H3. The van der Waals surface area contributed by atoms with E-state index >= 15 is 0 Å². The molecule has 2 heterocycles. The van der Waals surface area contributed by atoms with Crippen LogP contribution in [0.1, 0.15) is 23.8 Å². The first-order chi connectivity index (χ1) is 7.45. The molecule has 1 aromatic heterocycles. The predicted octanol–water partition coefficient (Wildman–Crippen LogP) is 1.92. The van der Waals surface area contributed by atoms with E-state index in [1.165, 1.54) is 6.07 Å². The van der Waals surface area contributed by atoms with Crippen molar-refractivity contribution in [3.05, 3.63) is 21.9 Å². The smallest absolute Gasteiger partial charge is 0.270 e. The number of halogens is 2. The molecule has 2 N–H and O–H groups in total. The molecule has 1 aliphatic heterocycles. The maximum atomic E-state index is 11.9. The second kappa shape index (κ2) is 3.95. The highest BCUT2D eigenvalue weighted by Gasteiger charge is 2.42. The first-order valence-electron chi connectivity index (χ1n) is 5.01. The summed E-state index contributed by atoms with van der Waals surface area (Å²) in [5.74, 6) is -0.188.